The molecule has 0 bridgehead atoms. The maximum atomic E-state index is 10.6. The van der Waals surface area contributed by atoms with E-state index in [0.717, 1.165) is 24.1 Å². The van der Waals surface area contributed by atoms with E-state index in [-0.39, 0.29) is 11.7 Å². The molecule has 0 spiro atoms. The summed E-state index contributed by atoms with van der Waals surface area (Å²) in [5.74, 6) is 2.31. The standard InChI is InChI=1S/C18H34O3S2Si2/c1-7-17(5)14(2)20-25(19,21-17)13-9-11-23-22-10-8-12-24-15(3)18(24,6)16(24)4/h14,16,19H,3,7-13H2,1-2,4-6H3/t14?,16?,17?,18?,24-,25-/m0/s1. The van der Waals surface area contributed by atoms with Crippen molar-refractivity contribution in [1.29, 1.82) is 0 Å². The highest BCUT2D eigenvalue weighted by molar-refractivity contribution is 8.76. The molecule has 3 rings (SSSR count). The molecule has 3 fully saturated rings. The molecular weight excluding hydrogens is 385 g/mol. The molecule has 144 valence electrons. The maximum absolute atomic E-state index is 10.6. The minimum atomic E-state index is -2.94. The van der Waals surface area contributed by atoms with Gasteiger partial charge in [-0.3, -0.25) is 0 Å². The first-order valence-electron chi connectivity index (χ1n) is 9.71. The molecule has 0 radical (unpaired) electrons. The van der Waals surface area contributed by atoms with Crippen LogP contribution in [-0.2, 0) is 8.85 Å². The molecule has 3 aliphatic rings. The molecule has 0 aromatic carbocycles. The summed E-state index contributed by atoms with van der Waals surface area (Å²) in [7, 11) is 0.00699. The topological polar surface area (TPSA) is 38.7 Å². The molecule has 3 saturated heterocycles. The first kappa shape index (κ1) is 20.5. The molecule has 0 saturated carbocycles. The minimum Gasteiger partial charge on any atom is -0.390 e. The summed E-state index contributed by atoms with van der Waals surface area (Å²) < 4.78 is 11.8. The summed E-state index contributed by atoms with van der Waals surface area (Å²) in [6.07, 6.45) is 3.19. The molecule has 7 heteroatoms. The Balaban J connectivity index is 1.24. The van der Waals surface area contributed by atoms with Crippen LogP contribution in [0.25, 0.3) is 0 Å². The van der Waals surface area contributed by atoms with E-state index >= 15 is 0 Å². The summed E-state index contributed by atoms with van der Waals surface area (Å²) in [5, 5.41) is 2.28. The molecule has 3 heterocycles. The largest absolute Gasteiger partial charge is 0.499 e. The quantitative estimate of drug-likeness (QED) is 0.292. The van der Waals surface area contributed by atoms with Gasteiger partial charge >= 0.3 is 8.80 Å². The normalized spacial score (nSPS) is 47.8. The van der Waals surface area contributed by atoms with Crippen molar-refractivity contribution in [2.45, 2.75) is 88.3 Å². The SMILES string of the molecule is C=C1C2(C)C(C)[Si@]12CCCSSCCC[Si@]1(O)OC(C)C(C)(CC)O1. The van der Waals surface area contributed by atoms with Crippen molar-refractivity contribution >= 4 is 38.5 Å². The van der Waals surface area contributed by atoms with Gasteiger partial charge in [-0.15, -0.1) is 6.58 Å². The molecule has 0 aromatic heterocycles. The van der Waals surface area contributed by atoms with E-state index in [1.807, 2.05) is 28.5 Å². The van der Waals surface area contributed by atoms with Crippen molar-refractivity contribution in [3.8, 4) is 0 Å². The fourth-order valence-electron chi connectivity index (χ4n) is 4.96. The van der Waals surface area contributed by atoms with Crippen molar-refractivity contribution in [3.63, 3.8) is 0 Å². The van der Waals surface area contributed by atoms with E-state index in [1.54, 1.807) is 5.20 Å². The lowest BCUT2D eigenvalue weighted by atomic mass is 9.98. The first-order valence-corrected chi connectivity index (χ1v) is 16.5. The van der Waals surface area contributed by atoms with Crippen LogP contribution >= 0.6 is 21.6 Å². The Morgan fingerprint density at radius 3 is 2.20 bits per heavy atom. The predicted octanol–water partition coefficient (Wildman–Crippen LogP) is 5.41. The lowest BCUT2D eigenvalue weighted by molar-refractivity contribution is 0.0550. The molecule has 3 nitrogen and oxygen atoms in total. The predicted molar refractivity (Wildman–Crippen MR) is 115 cm³/mol. The van der Waals surface area contributed by atoms with Crippen molar-refractivity contribution < 1.29 is 13.6 Å². The van der Waals surface area contributed by atoms with Crippen LogP contribution in [0.4, 0.5) is 0 Å². The van der Waals surface area contributed by atoms with Crippen molar-refractivity contribution in [2.75, 3.05) is 11.5 Å². The van der Waals surface area contributed by atoms with Crippen LogP contribution in [-0.4, -0.2) is 44.9 Å². The zero-order chi connectivity index (χ0) is 18.5. The van der Waals surface area contributed by atoms with Crippen LogP contribution in [0.5, 0.6) is 0 Å². The Morgan fingerprint density at radius 1 is 1.16 bits per heavy atom. The van der Waals surface area contributed by atoms with Gasteiger partial charge in [0.2, 0.25) is 0 Å². The highest BCUT2D eigenvalue weighted by Gasteiger charge is 2.89. The Bertz CT molecular complexity index is 550. The van der Waals surface area contributed by atoms with Gasteiger partial charge in [-0.25, -0.2) is 0 Å². The van der Waals surface area contributed by atoms with Crippen molar-refractivity contribution in [1.82, 2.24) is 0 Å². The van der Waals surface area contributed by atoms with Gasteiger partial charge in [0.25, 0.3) is 0 Å². The van der Waals surface area contributed by atoms with E-state index in [4.69, 9.17) is 8.85 Å². The summed E-state index contributed by atoms with van der Waals surface area (Å²) in [4.78, 5) is 10.6. The van der Waals surface area contributed by atoms with Gasteiger partial charge in [0.1, 0.15) is 0 Å². The molecule has 4 unspecified atom stereocenters. The smallest absolute Gasteiger partial charge is 0.390 e. The Kier molecular flexibility index (Phi) is 5.71. The molecule has 0 amide bonds. The van der Waals surface area contributed by atoms with Gasteiger partial charge in [-0.2, -0.15) is 0 Å². The summed E-state index contributed by atoms with van der Waals surface area (Å²) in [6, 6.07) is 2.14. The summed E-state index contributed by atoms with van der Waals surface area (Å²) in [5.41, 5.74) is 0.687. The van der Waals surface area contributed by atoms with Gasteiger partial charge in [0.15, 0.2) is 0 Å². The van der Waals surface area contributed by atoms with Crippen molar-refractivity contribution in [2.24, 2.45) is 0 Å². The van der Waals surface area contributed by atoms with Gasteiger partial charge in [0.05, 0.1) is 19.8 Å². The second kappa shape index (κ2) is 6.97. The highest BCUT2D eigenvalue weighted by atomic mass is 33.1. The van der Waals surface area contributed by atoms with Gasteiger partial charge in [-0.1, -0.05) is 53.6 Å². The average molecular weight is 419 g/mol. The second-order valence-corrected chi connectivity index (χ2v) is 18.5. The molecular formula is C18H34O3S2Si2. The molecule has 0 aromatic rings. The average Bonchev–Trinajstić information content (AvgIpc) is 3.21. The van der Waals surface area contributed by atoms with Gasteiger partial charge in [0, 0.05) is 17.5 Å². The van der Waals surface area contributed by atoms with Crippen LogP contribution in [0, 0.1) is 0 Å². The molecule has 25 heavy (non-hydrogen) atoms. The number of allylic oxidation sites excluding steroid dienone is 1. The number of hydrogen-bond acceptors (Lipinski definition) is 5. The van der Waals surface area contributed by atoms with Gasteiger partial charge in [-0.05, 0) is 43.7 Å². The molecule has 3 aliphatic heterocycles. The zero-order valence-electron chi connectivity index (χ0n) is 16.4. The molecule has 6 atom stereocenters. The van der Waals surface area contributed by atoms with Gasteiger partial charge < -0.3 is 13.6 Å². The number of hydrogen-bond donors (Lipinski definition) is 1. The van der Waals surface area contributed by atoms with E-state index in [9.17, 15) is 4.80 Å². The summed E-state index contributed by atoms with van der Waals surface area (Å²) >= 11 is 0. The first-order chi connectivity index (χ1) is 11.7. The third kappa shape index (κ3) is 3.25. The fourth-order valence-corrected chi connectivity index (χ4v) is 17.4. The maximum Gasteiger partial charge on any atom is 0.499 e. The lowest BCUT2D eigenvalue weighted by Gasteiger charge is -2.25. The van der Waals surface area contributed by atoms with Crippen molar-refractivity contribution in [3.05, 3.63) is 11.8 Å². The minimum absolute atomic E-state index is 0.00703. The Morgan fingerprint density at radius 2 is 1.76 bits per heavy atom. The van der Waals surface area contributed by atoms with Crippen LogP contribution in [0.2, 0.25) is 22.7 Å². The third-order valence-electron chi connectivity index (χ3n) is 7.47. The van der Waals surface area contributed by atoms with Crippen LogP contribution in [0.15, 0.2) is 11.8 Å². The Labute approximate surface area is 163 Å². The third-order valence-corrected chi connectivity index (χ3v) is 19.4. The highest BCUT2D eigenvalue weighted by Crippen LogP contribution is 2.95. The van der Waals surface area contributed by atoms with E-state index in [2.05, 4.69) is 34.3 Å². The molecule has 1 N–H and O–H groups in total. The van der Waals surface area contributed by atoms with Crippen LogP contribution in [0.3, 0.4) is 0 Å². The number of rotatable bonds is 10. The summed E-state index contributed by atoms with van der Waals surface area (Å²) in [6.45, 7) is 15.3. The fraction of sp³-hybridized carbons (Fsp3) is 0.889. The lowest BCUT2D eigenvalue weighted by Crippen LogP contribution is -2.40. The van der Waals surface area contributed by atoms with E-state index in [0.29, 0.717) is 11.1 Å². The van der Waals surface area contributed by atoms with Crippen LogP contribution in [0.1, 0.15) is 53.9 Å². The van der Waals surface area contributed by atoms with E-state index in [1.165, 1.54) is 18.2 Å². The molecule has 0 aliphatic carbocycles. The zero-order valence-corrected chi connectivity index (χ0v) is 20.0. The second-order valence-electron chi connectivity index (χ2n) is 8.47. The van der Waals surface area contributed by atoms with E-state index < -0.39 is 16.9 Å². The van der Waals surface area contributed by atoms with Crippen LogP contribution < -0.4 is 0 Å². The number of fused-ring (bicyclic) bond motifs is 1. The Hall–Kier alpha value is 0.754. The monoisotopic (exact) mass is 418 g/mol.